The summed E-state index contributed by atoms with van der Waals surface area (Å²) in [5, 5.41) is 2.77. The van der Waals surface area contributed by atoms with Crippen LogP contribution in [-0.2, 0) is 21.2 Å². The third kappa shape index (κ3) is 4.62. The lowest BCUT2D eigenvalue weighted by atomic mass is 10.1. The summed E-state index contributed by atoms with van der Waals surface area (Å²) in [7, 11) is -3.61. The van der Waals surface area contributed by atoms with Crippen LogP contribution in [0.3, 0.4) is 0 Å². The Kier molecular flexibility index (Phi) is 5.46. The predicted octanol–water partition coefficient (Wildman–Crippen LogP) is 2.95. The molecule has 25 heavy (non-hydrogen) atoms. The highest BCUT2D eigenvalue weighted by Gasteiger charge is 2.19. The molecule has 3 rings (SSSR count). The molecule has 0 aromatic heterocycles. The molecule has 0 unspecified atom stereocenters. The Balaban J connectivity index is 1.69. The number of carbonyl (C=O) groups is 1. The first kappa shape index (κ1) is 18.0. The van der Waals surface area contributed by atoms with Crippen molar-refractivity contribution in [2.75, 3.05) is 17.6 Å². The van der Waals surface area contributed by atoms with Crippen LogP contribution in [0.4, 0.5) is 5.69 Å². The molecular weight excluding hydrogens is 356 g/mol. The number of amides is 1. The molecule has 1 heterocycles. The van der Waals surface area contributed by atoms with E-state index in [1.807, 2.05) is 31.2 Å². The zero-order valence-electron chi connectivity index (χ0n) is 13.9. The number of nitrogens with one attached hydrogen (secondary N) is 2. The van der Waals surface area contributed by atoms with Crippen molar-refractivity contribution in [1.82, 2.24) is 4.72 Å². The molecule has 1 aliphatic rings. The predicted molar refractivity (Wildman–Crippen MR) is 100 cm³/mol. The standard InChI is InChI=1S/C18H20N2O3S2/c1-13-2-4-14(5-3-13)8-10-19-25(22,23)15-6-7-17-16(12-15)20-18(21)9-11-24-17/h2-7,12,19H,8-11H2,1H3,(H,20,21). The van der Waals surface area contributed by atoms with Crippen molar-refractivity contribution in [2.24, 2.45) is 0 Å². The zero-order valence-corrected chi connectivity index (χ0v) is 15.5. The van der Waals surface area contributed by atoms with Crippen molar-refractivity contribution in [3.63, 3.8) is 0 Å². The van der Waals surface area contributed by atoms with E-state index < -0.39 is 10.0 Å². The molecule has 0 bridgehead atoms. The summed E-state index contributed by atoms with van der Waals surface area (Å²) in [6.45, 7) is 2.34. The minimum absolute atomic E-state index is 0.0897. The van der Waals surface area contributed by atoms with Gasteiger partial charge in [0, 0.05) is 23.6 Å². The van der Waals surface area contributed by atoms with E-state index in [4.69, 9.17) is 0 Å². The van der Waals surface area contributed by atoms with E-state index in [2.05, 4.69) is 10.0 Å². The van der Waals surface area contributed by atoms with Gasteiger partial charge in [-0.25, -0.2) is 13.1 Å². The fourth-order valence-corrected chi connectivity index (χ4v) is 4.53. The van der Waals surface area contributed by atoms with Crippen LogP contribution in [0.15, 0.2) is 52.3 Å². The second-order valence-electron chi connectivity index (χ2n) is 5.94. The van der Waals surface area contributed by atoms with Gasteiger partial charge in [0.1, 0.15) is 0 Å². The second kappa shape index (κ2) is 7.59. The summed E-state index contributed by atoms with van der Waals surface area (Å²) >= 11 is 1.55. The third-order valence-corrected chi connectivity index (χ3v) is 6.48. The average molecular weight is 377 g/mol. The lowest BCUT2D eigenvalue weighted by Crippen LogP contribution is -2.26. The van der Waals surface area contributed by atoms with Crippen molar-refractivity contribution in [3.05, 3.63) is 53.6 Å². The van der Waals surface area contributed by atoms with Gasteiger partial charge in [0.2, 0.25) is 15.9 Å². The third-order valence-electron chi connectivity index (χ3n) is 3.95. The normalized spacial score (nSPS) is 14.5. The molecule has 1 amide bonds. The quantitative estimate of drug-likeness (QED) is 0.841. The number of hydrogen-bond donors (Lipinski definition) is 2. The van der Waals surface area contributed by atoms with E-state index in [0.29, 0.717) is 30.8 Å². The maximum Gasteiger partial charge on any atom is 0.240 e. The van der Waals surface area contributed by atoms with Crippen LogP contribution >= 0.6 is 11.8 Å². The van der Waals surface area contributed by atoms with Crippen LogP contribution in [0.25, 0.3) is 0 Å². The highest BCUT2D eigenvalue weighted by molar-refractivity contribution is 7.99. The molecule has 0 aliphatic carbocycles. The number of hydrogen-bond acceptors (Lipinski definition) is 4. The molecule has 2 aromatic rings. The molecule has 0 saturated heterocycles. The molecule has 0 fully saturated rings. The number of rotatable bonds is 5. The number of benzene rings is 2. The number of fused-ring (bicyclic) bond motifs is 1. The van der Waals surface area contributed by atoms with E-state index in [9.17, 15) is 13.2 Å². The molecule has 132 valence electrons. The number of sulfonamides is 1. The molecule has 0 atom stereocenters. The van der Waals surface area contributed by atoms with Crippen molar-refractivity contribution in [3.8, 4) is 0 Å². The van der Waals surface area contributed by atoms with Crippen LogP contribution in [0.2, 0.25) is 0 Å². The summed E-state index contributed by atoms with van der Waals surface area (Å²) in [6.07, 6.45) is 1.05. The van der Waals surface area contributed by atoms with Gasteiger partial charge < -0.3 is 5.32 Å². The molecule has 2 aromatic carbocycles. The van der Waals surface area contributed by atoms with Crippen LogP contribution in [0, 0.1) is 6.92 Å². The summed E-state index contributed by atoms with van der Waals surface area (Å²) in [5.41, 5.74) is 2.82. The Bertz CT molecular complexity index is 878. The number of thioether (sulfide) groups is 1. The highest BCUT2D eigenvalue weighted by Crippen LogP contribution is 2.32. The summed E-state index contributed by atoms with van der Waals surface area (Å²) < 4.78 is 27.6. The fraction of sp³-hybridized carbons (Fsp3) is 0.278. The van der Waals surface area contributed by atoms with Crippen molar-refractivity contribution < 1.29 is 13.2 Å². The number of carbonyl (C=O) groups excluding carboxylic acids is 1. The van der Waals surface area contributed by atoms with E-state index in [1.165, 1.54) is 11.6 Å². The first-order chi connectivity index (χ1) is 11.9. The van der Waals surface area contributed by atoms with Crippen molar-refractivity contribution in [2.45, 2.75) is 29.6 Å². The SMILES string of the molecule is Cc1ccc(CCNS(=O)(=O)c2ccc3c(c2)NC(=O)CCS3)cc1. The Hall–Kier alpha value is -1.83. The maximum atomic E-state index is 12.5. The van der Waals surface area contributed by atoms with Gasteiger partial charge in [0.25, 0.3) is 0 Å². The monoisotopic (exact) mass is 376 g/mol. The van der Waals surface area contributed by atoms with Crippen LogP contribution in [0.1, 0.15) is 17.5 Å². The van der Waals surface area contributed by atoms with Crippen LogP contribution in [0.5, 0.6) is 0 Å². The van der Waals surface area contributed by atoms with Gasteiger partial charge in [-0.15, -0.1) is 11.8 Å². The Morgan fingerprint density at radius 3 is 2.68 bits per heavy atom. The maximum absolute atomic E-state index is 12.5. The largest absolute Gasteiger partial charge is 0.325 e. The molecule has 0 saturated carbocycles. The topological polar surface area (TPSA) is 75.3 Å². The Labute approximate surface area is 152 Å². The van der Waals surface area contributed by atoms with E-state index in [-0.39, 0.29) is 10.8 Å². The summed E-state index contributed by atoms with van der Waals surface area (Å²) in [6, 6.07) is 12.9. The van der Waals surface area contributed by atoms with Gasteiger partial charge in [0.15, 0.2) is 0 Å². The van der Waals surface area contributed by atoms with Gasteiger partial charge in [-0.2, -0.15) is 0 Å². The average Bonchev–Trinajstić information content (AvgIpc) is 2.76. The Morgan fingerprint density at radius 1 is 1.16 bits per heavy atom. The molecule has 0 radical (unpaired) electrons. The highest BCUT2D eigenvalue weighted by atomic mass is 32.2. The molecule has 1 aliphatic heterocycles. The zero-order chi connectivity index (χ0) is 17.9. The second-order valence-corrected chi connectivity index (χ2v) is 8.84. The first-order valence-corrected chi connectivity index (χ1v) is 10.5. The smallest absolute Gasteiger partial charge is 0.240 e. The van der Waals surface area contributed by atoms with E-state index in [1.54, 1.807) is 23.9 Å². The molecule has 2 N–H and O–H groups in total. The first-order valence-electron chi connectivity index (χ1n) is 8.06. The number of aryl methyl sites for hydroxylation is 1. The lowest BCUT2D eigenvalue weighted by molar-refractivity contribution is -0.115. The van der Waals surface area contributed by atoms with Gasteiger partial charge in [-0.3, -0.25) is 4.79 Å². The summed E-state index contributed by atoms with van der Waals surface area (Å²) in [5.74, 6) is 0.604. The molecule has 7 heteroatoms. The van der Waals surface area contributed by atoms with Gasteiger partial charge >= 0.3 is 0 Å². The minimum Gasteiger partial charge on any atom is -0.325 e. The fourth-order valence-electron chi connectivity index (χ4n) is 2.53. The van der Waals surface area contributed by atoms with Crippen molar-refractivity contribution >= 4 is 33.4 Å². The molecule has 0 spiro atoms. The minimum atomic E-state index is -3.61. The van der Waals surface area contributed by atoms with Gasteiger partial charge in [-0.05, 0) is 37.1 Å². The van der Waals surface area contributed by atoms with Crippen LogP contribution < -0.4 is 10.0 Å². The summed E-state index contributed by atoms with van der Waals surface area (Å²) in [4.78, 5) is 12.7. The Morgan fingerprint density at radius 2 is 1.92 bits per heavy atom. The van der Waals surface area contributed by atoms with E-state index in [0.717, 1.165) is 10.5 Å². The lowest BCUT2D eigenvalue weighted by Gasteiger charge is -2.11. The van der Waals surface area contributed by atoms with Gasteiger partial charge in [-0.1, -0.05) is 29.8 Å². The van der Waals surface area contributed by atoms with Crippen molar-refractivity contribution in [1.29, 1.82) is 0 Å². The number of anilines is 1. The molecule has 5 nitrogen and oxygen atoms in total. The van der Waals surface area contributed by atoms with E-state index >= 15 is 0 Å². The van der Waals surface area contributed by atoms with Gasteiger partial charge in [0.05, 0.1) is 10.6 Å². The van der Waals surface area contributed by atoms with Crippen LogP contribution in [-0.4, -0.2) is 26.6 Å². The molecular formula is C18H20N2O3S2.